The van der Waals surface area contributed by atoms with Gasteiger partial charge in [0.2, 0.25) is 11.8 Å². The van der Waals surface area contributed by atoms with E-state index in [4.69, 9.17) is 0 Å². The highest BCUT2D eigenvalue weighted by Gasteiger charge is 2.39. The minimum absolute atomic E-state index is 0.121. The molecule has 0 aromatic heterocycles. The summed E-state index contributed by atoms with van der Waals surface area (Å²) in [7, 11) is 0. The van der Waals surface area contributed by atoms with Gasteiger partial charge in [-0.3, -0.25) is 24.6 Å². The van der Waals surface area contributed by atoms with Crippen LogP contribution >= 0.6 is 0 Å². The normalized spacial score (nSPS) is 23.5. The van der Waals surface area contributed by atoms with Gasteiger partial charge in [0.05, 0.1) is 0 Å². The lowest BCUT2D eigenvalue weighted by molar-refractivity contribution is -0.136. The molecule has 284 valence electrons. The third-order valence-electron chi connectivity index (χ3n) is 13.1. The molecule has 9 rings (SSSR count). The minimum atomic E-state index is -0.585. The number of carbonyl (C=O) groups is 3. The van der Waals surface area contributed by atoms with Crippen molar-refractivity contribution in [1.29, 1.82) is 0 Å². The molecule has 55 heavy (non-hydrogen) atoms. The average molecular weight is 738 g/mol. The van der Waals surface area contributed by atoms with E-state index in [1.165, 1.54) is 40.8 Å². The largest absolute Gasteiger partial charge is 0.508 e. The summed E-state index contributed by atoms with van der Waals surface area (Å²) in [5.74, 6) is 1.12. The number of rotatable bonds is 8. The third-order valence-corrected chi connectivity index (χ3v) is 13.1. The number of aryl methyl sites for hydroxylation is 1. The Bertz CT molecular complexity index is 2050. The van der Waals surface area contributed by atoms with E-state index in [0.717, 1.165) is 76.3 Å². The fourth-order valence-electron chi connectivity index (χ4n) is 10.0. The fraction of sp³-hybridized carbons (Fsp3) is 0.413. The summed E-state index contributed by atoms with van der Waals surface area (Å²) in [6.45, 7) is 7.66. The number of phenolic OH excluding ortho intramolecular Hbond substituents is 1. The number of hydrogen-bond acceptors (Lipinski definition) is 7. The van der Waals surface area contributed by atoms with Crippen LogP contribution in [0.4, 0.5) is 11.4 Å². The first-order chi connectivity index (χ1) is 26.9. The van der Waals surface area contributed by atoms with Gasteiger partial charge in [-0.1, -0.05) is 48.5 Å². The van der Waals surface area contributed by atoms with E-state index in [0.29, 0.717) is 42.0 Å². The Morgan fingerprint density at radius 1 is 0.691 bits per heavy atom. The van der Waals surface area contributed by atoms with Crippen LogP contribution in [0.1, 0.15) is 76.2 Å². The van der Waals surface area contributed by atoms with E-state index in [1.807, 2.05) is 24.3 Å². The molecule has 0 unspecified atom stereocenters. The second kappa shape index (κ2) is 15.2. The van der Waals surface area contributed by atoms with Crippen molar-refractivity contribution in [2.75, 3.05) is 55.6 Å². The van der Waals surface area contributed by atoms with Crippen LogP contribution < -0.4 is 15.1 Å². The van der Waals surface area contributed by atoms with Crippen molar-refractivity contribution in [2.24, 2.45) is 11.8 Å². The molecule has 0 spiro atoms. The Hall–Kier alpha value is -5.15. The second-order valence-electron chi connectivity index (χ2n) is 16.4. The molecule has 9 heteroatoms. The average Bonchev–Trinajstić information content (AvgIpc) is 3.53. The number of nitrogens with zero attached hydrogens (tertiary/aromatic N) is 4. The molecule has 4 aliphatic heterocycles. The van der Waals surface area contributed by atoms with Crippen LogP contribution in [0.2, 0.25) is 0 Å². The monoisotopic (exact) mass is 737 g/mol. The zero-order chi connectivity index (χ0) is 37.5. The smallest absolute Gasteiger partial charge is 0.255 e. The number of phenols is 1. The molecule has 2 N–H and O–H groups in total. The van der Waals surface area contributed by atoms with Gasteiger partial charge in [0, 0.05) is 81.6 Å². The molecular formula is C46H51N5O4. The predicted octanol–water partition coefficient (Wildman–Crippen LogP) is 6.13. The van der Waals surface area contributed by atoms with Crippen LogP contribution in [0.15, 0.2) is 91.0 Å². The van der Waals surface area contributed by atoms with Crippen molar-refractivity contribution >= 4 is 29.1 Å². The molecule has 3 atom stereocenters. The Kier molecular flexibility index (Phi) is 9.81. The molecule has 4 heterocycles. The van der Waals surface area contributed by atoms with Gasteiger partial charge in [0.25, 0.3) is 5.91 Å². The number of piperazine rings is 1. The highest BCUT2D eigenvalue weighted by molar-refractivity contribution is 6.05. The summed E-state index contributed by atoms with van der Waals surface area (Å²) in [4.78, 5) is 46.5. The van der Waals surface area contributed by atoms with Gasteiger partial charge in [-0.05, 0) is 121 Å². The molecule has 4 aromatic rings. The van der Waals surface area contributed by atoms with E-state index in [2.05, 4.69) is 86.7 Å². The summed E-state index contributed by atoms with van der Waals surface area (Å²) in [5, 5.41) is 12.6. The first kappa shape index (κ1) is 35.5. The van der Waals surface area contributed by atoms with Gasteiger partial charge in [-0.2, -0.15) is 0 Å². The van der Waals surface area contributed by atoms with Crippen molar-refractivity contribution in [2.45, 2.75) is 63.5 Å². The highest BCUT2D eigenvalue weighted by atomic mass is 16.3. The quantitative estimate of drug-likeness (QED) is 0.210. The molecular weight excluding hydrogens is 687 g/mol. The number of carbonyl (C=O) groups excluding carboxylic acids is 3. The van der Waals surface area contributed by atoms with E-state index in [1.54, 1.807) is 4.90 Å². The van der Waals surface area contributed by atoms with Crippen molar-refractivity contribution in [1.82, 2.24) is 15.1 Å². The first-order valence-corrected chi connectivity index (χ1v) is 20.3. The number of hydrogen-bond donors (Lipinski definition) is 2. The van der Waals surface area contributed by atoms with Crippen molar-refractivity contribution in [3.05, 3.63) is 124 Å². The number of anilines is 2. The Morgan fingerprint density at radius 3 is 2.20 bits per heavy atom. The zero-order valence-corrected chi connectivity index (χ0v) is 31.5. The molecule has 9 nitrogen and oxygen atoms in total. The van der Waals surface area contributed by atoms with Gasteiger partial charge < -0.3 is 19.8 Å². The maximum absolute atomic E-state index is 13.2. The first-order valence-electron chi connectivity index (χ1n) is 20.3. The van der Waals surface area contributed by atoms with Crippen LogP contribution in [0.5, 0.6) is 5.75 Å². The standard InChI is InChI=1S/C46H51N5O4/c52-39-13-15-40-34(28-39)6-7-35(26-31-4-2-1-3-5-31)44(40)33-8-10-37(11-9-33)49-20-18-32(19-21-49)29-48-22-24-50(25-23-48)38-12-14-41-36(27-38)30-51(46(41)55)42-16-17-43(53)47-45(42)54/h1-5,8-15,27-28,32,35,42,44,52H,6-7,16-26,29-30H2,(H,47,53,54)/t35-,42-,44+/m1/s1. The predicted molar refractivity (Wildman–Crippen MR) is 214 cm³/mol. The SMILES string of the molecule is O=C1CC[C@@H](N2Cc3cc(N4CCN(CC5CCN(c6ccc([C@@H]7c8ccc(O)cc8CC[C@@H]7Cc7ccccc7)cc6)CC5)CC4)ccc3C2=O)C(=O)N1. The lowest BCUT2D eigenvalue weighted by atomic mass is 9.70. The van der Waals surface area contributed by atoms with Gasteiger partial charge in [0.15, 0.2) is 0 Å². The minimum Gasteiger partial charge on any atom is -0.508 e. The van der Waals surface area contributed by atoms with Crippen molar-refractivity contribution in [3.8, 4) is 5.75 Å². The number of aromatic hydroxyl groups is 1. The number of piperidine rings is 2. The molecule has 1 aliphatic carbocycles. The number of benzene rings is 4. The Labute approximate surface area is 323 Å². The van der Waals surface area contributed by atoms with Gasteiger partial charge in [-0.15, -0.1) is 0 Å². The highest BCUT2D eigenvalue weighted by Crippen LogP contribution is 2.44. The molecule has 3 saturated heterocycles. The van der Waals surface area contributed by atoms with E-state index >= 15 is 0 Å². The van der Waals surface area contributed by atoms with Crippen molar-refractivity contribution in [3.63, 3.8) is 0 Å². The summed E-state index contributed by atoms with van der Waals surface area (Å²) >= 11 is 0. The number of amides is 3. The van der Waals surface area contributed by atoms with Crippen LogP contribution in [0.25, 0.3) is 0 Å². The van der Waals surface area contributed by atoms with Crippen LogP contribution in [-0.2, 0) is 29.0 Å². The summed E-state index contributed by atoms with van der Waals surface area (Å²) < 4.78 is 0. The van der Waals surface area contributed by atoms with E-state index in [9.17, 15) is 19.5 Å². The third kappa shape index (κ3) is 7.34. The number of imide groups is 1. The maximum Gasteiger partial charge on any atom is 0.255 e. The molecule has 3 fully saturated rings. The summed E-state index contributed by atoms with van der Waals surface area (Å²) in [6.07, 6.45) is 6.22. The van der Waals surface area contributed by atoms with Crippen LogP contribution in [0, 0.1) is 11.8 Å². The Morgan fingerprint density at radius 2 is 1.44 bits per heavy atom. The summed E-state index contributed by atoms with van der Waals surface area (Å²) in [6, 6.07) is 31.7. The van der Waals surface area contributed by atoms with Gasteiger partial charge >= 0.3 is 0 Å². The fourth-order valence-corrected chi connectivity index (χ4v) is 10.0. The molecule has 0 saturated carbocycles. The summed E-state index contributed by atoms with van der Waals surface area (Å²) in [5.41, 5.74) is 9.48. The van der Waals surface area contributed by atoms with E-state index in [-0.39, 0.29) is 24.1 Å². The molecule has 4 aromatic carbocycles. The number of fused-ring (bicyclic) bond motifs is 2. The molecule has 0 bridgehead atoms. The topological polar surface area (TPSA) is 96.4 Å². The Balaban J connectivity index is 0.775. The van der Waals surface area contributed by atoms with Gasteiger partial charge in [0.1, 0.15) is 11.8 Å². The van der Waals surface area contributed by atoms with Crippen LogP contribution in [-0.4, -0.2) is 84.5 Å². The zero-order valence-electron chi connectivity index (χ0n) is 31.5. The van der Waals surface area contributed by atoms with Crippen molar-refractivity contribution < 1.29 is 19.5 Å². The number of nitrogens with one attached hydrogen (secondary N) is 1. The maximum atomic E-state index is 13.2. The van der Waals surface area contributed by atoms with Crippen LogP contribution in [0.3, 0.4) is 0 Å². The molecule has 0 radical (unpaired) electrons. The van der Waals surface area contributed by atoms with E-state index < -0.39 is 6.04 Å². The molecule has 3 amide bonds. The lowest BCUT2D eigenvalue weighted by Crippen LogP contribution is -2.52. The molecule has 5 aliphatic rings. The second-order valence-corrected chi connectivity index (χ2v) is 16.4. The van der Waals surface area contributed by atoms with Gasteiger partial charge in [-0.25, -0.2) is 0 Å². The lowest BCUT2D eigenvalue weighted by Gasteiger charge is -2.40.